The molecule has 1 saturated heterocycles. The lowest BCUT2D eigenvalue weighted by molar-refractivity contribution is -0.0945. The molecule has 2 rings (SSSR count). The van der Waals surface area contributed by atoms with Crippen LogP contribution in [0.2, 0.25) is 0 Å². The summed E-state index contributed by atoms with van der Waals surface area (Å²) in [5.74, 6) is 2.47. The molecule has 2 N–H and O–H groups in total. The van der Waals surface area contributed by atoms with Crippen molar-refractivity contribution in [3.8, 4) is 11.5 Å². The number of aliphatic imine (C=N–C) groups is 1. The highest BCUT2D eigenvalue weighted by Gasteiger charge is 2.33. The molecule has 146 valence electrons. The molecular weight excluding hydrogens is 330 g/mol. The summed E-state index contributed by atoms with van der Waals surface area (Å²) in [5.41, 5.74) is 1.39. The van der Waals surface area contributed by atoms with Crippen molar-refractivity contribution in [3.05, 3.63) is 23.8 Å². The van der Waals surface area contributed by atoms with Gasteiger partial charge in [-0.05, 0) is 44.9 Å². The Morgan fingerprint density at radius 3 is 2.46 bits per heavy atom. The van der Waals surface area contributed by atoms with Crippen LogP contribution in [0.3, 0.4) is 0 Å². The predicted octanol–water partition coefficient (Wildman–Crippen LogP) is 2.62. The Morgan fingerprint density at radius 1 is 1.12 bits per heavy atom. The second-order valence-corrected chi connectivity index (χ2v) is 6.82. The van der Waals surface area contributed by atoms with E-state index in [0.29, 0.717) is 13.2 Å². The van der Waals surface area contributed by atoms with Crippen LogP contribution in [-0.4, -0.2) is 52.0 Å². The number of nitrogens with zero attached hydrogens (tertiary/aromatic N) is 1. The molecule has 0 saturated carbocycles. The van der Waals surface area contributed by atoms with Gasteiger partial charge in [-0.1, -0.05) is 13.0 Å². The molecule has 0 amide bonds. The van der Waals surface area contributed by atoms with Crippen molar-refractivity contribution in [3.63, 3.8) is 0 Å². The van der Waals surface area contributed by atoms with Crippen LogP contribution in [0.4, 0.5) is 0 Å². The van der Waals surface area contributed by atoms with Crippen molar-refractivity contribution in [2.45, 2.75) is 34.1 Å². The minimum Gasteiger partial charge on any atom is -0.490 e. The molecule has 0 atom stereocenters. The zero-order valence-electron chi connectivity index (χ0n) is 16.6. The second-order valence-electron chi connectivity index (χ2n) is 6.82. The molecule has 6 nitrogen and oxygen atoms in total. The summed E-state index contributed by atoms with van der Waals surface area (Å²) in [6.45, 7) is 13.5. The quantitative estimate of drug-likeness (QED) is 0.494. The molecular formula is C20H33N3O3. The fraction of sp³-hybridized carbons (Fsp3) is 0.650. The molecule has 1 aliphatic heterocycles. The van der Waals surface area contributed by atoms with Gasteiger partial charge < -0.3 is 24.8 Å². The Kier molecular flexibility index (Phi) is 8.04. The highest BCUT2D eigenvalue weighted by Crippen LogP contribution is 2.28. The first-order chi connectivity index (χ1) is 12.6. The SMILES string of the molecule is CCNC(=NCC1(C)COC1)NCCc1ccc(OCC)c(OCC)c1. The molecule has 1 aliphatic rings. The third-order valence-corrected chi connectivity index (χ3v) is 4.18. The van der Waals surface area contributed by atoms with E-state index in [1.165, 1.54) is 5.56 Å². The van der Waals surface area contributed by atoms with Gasteiger partial charge in [0, 0.05) is 18.5 Å². The van der Waals surface area contributed by atoms with Crippen molar-refractivity contribution in [1.82, 2.24) is 10.6 Å². The highest BCUT2D eigenvalue weighted by molar-refractivity contribution is 5.79. The lowest BCUT2D eigenvalue weighted by Crippen LogP contribution is -2.44. The van der Waals surface area contributed by atoms with Gasteiger partial charge in [0.05, 0.1) is 33.0 Å². The molecule has 0 radical (unpaired) electrons. The Morgan fingerprint density at radius 2 is 1.85 bits per heavy atom. The zero-order valence-corrected chi connectivity index (χ0v) is 16.6. The van der Waals surface area contributed by atoms with E-state index in [9.17, 15) is 0 Å². The Hall–Kier alpha value is -1.95. The average molecular weight is 364 g/mol. The Labute approximate surface area is 157 Å². The number of hydrogen-bond acceptors (Lipinski definition) is 4. The van der Waals surface area contributed by atoms with E-state index in [2.05, 4.69) is 36.6 Å². The van der Waals surface area contributed by atoms with Gasteiger partial charge in [0.25, 0.3) is 0 Å². The smallest absolute Gasteiger partial charge is 0.191 e. The van der Waals surface area contributed by atoms with E-state index in [-0.39, 0.29) is 5.41 Å². The van der Waals surface area contributed by atoms with Crippen LogP contribution >= 0.6 is 0 Å². The lowest BCUT2D eigenvalue weighted by Gasteiger charge is -2.36. The zero-order chi connectivity index (χ0) is 18.8. The van der Waals surface area contributed by atoms with Gasteiger partial charge in [-0.15, -0.1) is 0 Å². The van der Waals surface area contributed by atoms with Crippen molar-refractivity contribution >= 4 is 5.96 Å². The highest BCUT2D eigenvalue weighted by atomic mass is 16.5. The molecule has 1 aromatic carbocycles. The first-order valence-corrected chi connectivity index (χ1v) is 9.58. The van der Waals surface area contributed by atoms with E-state index in [4.69, 9.17) is 19.2 Å². The number of guanidine groups is 1. The molecule has 0 aliphatic carbocycles. The number of ether oxygens (including phenoxy) is 3. The topological polar surface area (TPSA) is 64.1 Å². The van der Waals surface area contributed by atoms with E-state index >= 15 is 0 Å². The standard InChI is InChI=1S/C20H33N3O3/c1-5-21-19(23-13-20(4)14-24-15-20)22-11-10-16-8-9-17(25-6-2)18(12-16)26-7-3/h8-9,12H,5-7,10-11,13-15H2,1-4H3,(H2,21,22,23). The largest absolute Gasteiger partial charge is 0.490 e. The number of benzene rings is 1. The fourth-order valence-corrected chi connectivity index (χ4v) is 2.73. The Balaban J connectivity index is 1.89. The molecule has 0 spiro atoms. The van der Waals surface area contributed by atoms with Gasteiger partial charge in [0.1, 0.15) is 0 Å². The van der Waals surface area contributed by atoms with Gasteiger partial charge in [-0.3, -0.25) is 4.99 Å². The van der Waals surface area contributed by atoms with Crippen LogP contribution in [-0.2, 0) is 11.2 Å². The molecule has 26 heavy (non-hydrogen) atoms. The summed E-state index contributed by atoms with van der Waals surface area (Å²) in [6.07, 6.45) is 0.886. The monoisotopic (exact) mass is 363 g/mol. The van der Waals surface area contributed by atoms with Crippen LogP contribution in [0.5, 0.6) is 11.5 Å². The van der Waals surface area contributed by atoms with Crippen LogP contribution in [0.1, 0.15) is 33.3 Å². The maximum Gasteiger partial charge on any atom is 0.191 e. The number of hydrogen-bond donors (Lipinski definition) is 2. The summed E-state index contributed by atoms with van der Waals surface area (Å²) in [7, 11) is 0. The van der Waals surface area contributed by atoms with Crippen molar-refractivity contribution in [2.24, 2.45) is 10.4 Å². The van der Waals surface area contributed by atoms with E-state index < -0.39 is 0 Å². The summed E-state index contributed by atoms with van der Waals surface area (Å²) in [6, 6.07) is 6.14. The predicted molar refractivity (Wildman–Crippen MR) is 105 cm³/mol. The van der Waals surface area contributed by atoms with E-state index in [0.717, 1.165) is 56.7 Å². The molecule has 0 bridgehead atoms. The third kappa shape index (κ3) is 6.09. The van der Waals surface area contributed by atoms with Crippen LogP contribution < -0.4 is 20.1 Å². The fourth-order valence-electron chi connectivity index (χ4n) is 2.73. The van der Waals surface area contributed by atoms with Crippen LogP contribution in [0.15, 0.2) is 23.2 Å². The van der Waals surface area contributed by atoms with Crippen LogP contribution in [0, 0.1) is 5.41 Å². The maximum atomic E-state index is 5.70. The number of nitrogens with one attached hydrogen (secondary N) is 2. The first kappa shape index (κ1) is 20.4. The summed E-state index contributed by atoms with van der Waals surface area (Å²) >= 11 is 0. The van der Waals surface area contributed by atoms with Crippen molar-refractivity contribution in [1.29, 1.82) is 0 Å². The first-order valence-electron chi connectivity index (χ1n) is 9.58. The molecule has 0 aromatic heterocycles. The molecule has 6 heteroatoms. The van der Waals surface area contributed by atoms with Crippen molar-refractivity contribution < 1.29 is 14.2 Å². The van der Waals surface area contributed by atoms with Gasteiger partial charge in [0.2, 0.25) is 0 Å². The maximum absolute atomic E-state index is 5.70. The summed E-state index contributed by atoms with van der Waals surface area (Å²) in [5, 5.41) is 6.71. The van der Waals surface area contributed by atoms with Crippen LogP contribution in [0.25, 0.3) is 0 Å². The summed E-state index contributed by atoms with van der Waals surface area (Å²) < 4.78 is 16.6. The minimum atomic E-state index is 0.184. The summed E-state index contributed by atoms with van der Waals surface area (Å²) in [4.78, 5) is 4.69. The number of rotatable bonds is 10. The van der Waals surface area contributed by atoms with E-state index in [1.54, 1.807) is 0 Å². The van der Waals surface area contributed by atoms with Gasteiger partial charge in [-0.2, -0.15) is 0 Å². The molecule has 1 heterocycles. The van der Waals surface area contributed by atoms with Gasteiger partial charge >= 0.3 is 0 Å². The van der Waals surface area contributed by atoms with Gasteiger partial charge in [-0.25, -0.2) is 0 Å². The minimum absolute atomic E-state index is 0.184. The lowest BCUT2D eigenvalue weighted by atomic mass is 9.89. The normalized spacial score (nSPS) is 15.9. The van der Waals surface area contributed by atoms with Gasteiger partial charge in [0.15, 0.2) is 17.5 Å². The molecule has 1 fully saturated rings. The average Bonchev–Trinajstić information content (AvgIpc) is 2.60. The molecule has 1 aromatic rings. The van der Waals surface area contributed by atoms with E-state index in [1.807, 2.05) is 19.9 Å². The third-order valence-electron chi connectivity index (χ3n) is 4.18. The van der Waals surface area contributed by atoms with Crippen molar-refractivity contribution in [2.75, 3.05) is 46.1 Å². The second kappa shape index (κ2) is 10.3. The Bertz CT molecular complexity index is 586. The molecule has 0 unspecified atom stereocenters.